The fourth-order valence-electron chi connectivity index (χ4n) is 2.91. The fourth-order valence-corrected chi connectivity index (χ4v) is 4.58. The Morgan fingerprint density at radius 1 is 1.42 bits per heavy atom. The predicted octanol–water partition coefficient (Wildman–Crippen LogP) is 2.90. The van der Waals surface area contributed by atoms with Gasteiger partial charge in [0.25, 0.3) is 5.91 Å². The molecule has 0 saturated carbocycles. The molecule has 2 amide bonds. The van der Waals surface area contributed by atoms with Crippen molar-refractivity contribution in [3.05, 3.63) is 38.5 Å². The van der Waals surface area contributed by atoms with Crippen molar-refractivity contribution in [3.63, 3.8) is 0 Å². The maximum Gasteiger partial charge on any atom is 0.263 e. The quantitative estimate of drug-likeness (QED) is 0.888. The molecule has 5 nitrogen and oxygen atoms in total. The van der Waals surface area contributed by atoms with Crippen molar-refractivity contribution in [3.8, 4) is 0 Å². The minimum atomic E-state index is -0.0135. The van der Waals surface area contributed by atoms with E-state index < -0.39 is 0 Å². The number of hydrogen-bond acceptors (Lipinski definition) is 5. The first-order valence-electron chi connectivity index (χ1n) is 8.15. The van der Waals surface area contributed by atoms with Crippen molar-refractivity contribution in [2.75, 3.05) is 19.6 Å². The average molecular weight is 364 g/mol. The van der Waals surface area contributed by atoms with E-state index in [0.717, 1.165) is 47.9 Å². The van der Waals surface area contributed by atoms with Gasteiger partial charge in [0.2, 0.25) is 5.91 Å². The zero-order valence-electron chi connectivity index (χ0n) is 13.7. The van der Waals surface area contributed by atoms with Crippen LogP contribution < -0.4 is 5.32 Å². The molecule has 0 unspecified atom stereocenters. The zero-order chi connectivity index (χ0) is 16.9. The van der Waals surface area contributed by atoms with Crippen LogP contribution in [0.15, 0.2) is 22.9 Å². The molecule has 1 fully saturated rings. The number of thiazole rings is 1. The predicted molar refractivity (Wildman–Crippen MR) is 96.7 cm³/mol. The Morgan fingerprint density at radius 2 is 2.29 bits per heavy atom. The van der Waals surface area contributed by atoms with E-state index in [0.29, 0.717) is 12.5 Å². The van der Waals surface area contributed by atoms with Gasteiger partial charge in [-0.2, -0.15) is 0 Å². The van der Waals surface area contributed by atoms with Crippen LogP contribution >= 0.6 is 22.7 Å². The van der Waals surface area contributed by atoms with Crippen molar-refractivity contribution in [1.82, 2.24) is 15.2 Å². The van der Waals surface area contributed by atoms with Gasteiger partial charge in [-0.1, -0.05) is 6.07 Å². The van der Waals surface area contributed by atoms with Gasteiger partial charge in [0, 0.05) is 44.3 Å². The molecule has 1 saturated heterocycles. The van der Waals surface area contributed by atoms with Crippen molar-refractivity contribution < 1.29 is 9.59 Å². The Labute approximate surface area is 149 Å². The number of aromatic nitrogens is 1. The van der Waals surface area contributed by atoms with Crippen LogP contribution in [0.25, 0.3) is 0 Å². The molecule has 1 atom stereocenters. The summed E-state index contributed by atoms with van der Waals surface area (Å²) in [6.45, 7) is 3.71. The summed E-state index contributed by atoms with van der Waals surface area (Å²) in [6.07, 6.45) is 2.84. The summed E-state index contributed by atoms with van der Waals surface area (Å²) in [6, 6.07) is 3.81. The van der Waals surface area contributed by atoms with Crippen LogP contribution in [0.2, 0.25) is 0 Å². The topological polar surface area (TPSA) is 62.3 Å². The highest BCUT2D eigenvalue weighted by Crippen LogP contribution is 2.30. The number of piperidine rings is 1. The first kappa shape index (κ1) is 17.1. The summed E-state index contributed by atoms with van der Waals surface area (Å²) >= 11 is 3.17. The number of carbonyl (C=O) groups is 2. The Bertz CT molecular complexity index is 697. The minimum Gasteiger partial charge on any atom is -0.356 e. The molecular formula is C17H21N3O2S2. The van der Waals surface area contributed by atoms with E-state index in [2.05, 4.69) is 10.7 Å². The van der Waals surface area contributed by atoms with Gasteiger partial charge in [-0.05, 0) is 24.3 Å². The number of thiophene rings is 1. The van der Waals surface area contributed by atoms with Gasteiger partial charge in [0.05, 0.1) is 15.6 Å². The molecule has 128 valence electrons. The van der Waals surface area contributed by atoms with E-state index >= 15 is 0 Å². The molecule has 1 aliphatic heterocycles. The van der Waals surface area contributed by atoms with Crippen molar-refractivity contribution in [2.45, 2.75) is 32.1 Å². The number of hydrogen-bond donors (Lipinski definition) is 1. The lowest BCUT2D eigenvalue weighted by molar-refractivity contribution is -0.118. The Morgan fingerprint density at radius 3 is 3.04 bits per heavy atom. The highest BCUT2D eigenvalue weighted by atomic mass is 32.1. The monoisotopic (exact) mass is 363 g/mol. The van der Waals surface area contributed by atoms with Crippen LogP contribution in [0.5, 0.6) is 0 Å². The van der Waals surface area contributed by atoms with Crippen molar-refractivity contribution >= 4 is 34.5 Å². The largest absolute Gasteiger partial charge is 0.356 e. The number of likely N-dealkylation sites (tertiary alicyclic amines) is 1. The third-order valence-electron chi connectivity index (χ3n) is 4.11. The van der Waals surface area contributed by atoms with Crippen LogP contribution in [0.3, 0.4) is 0 Å². The Balaban J connectivity index is 1.59. The standard InChI is InChI=1S/C17H21N3O2S2/c1-12(21)18-7-6-14-11-24-16(19-14)13-4-2-8-20(10-13)17(22)15-5-3-9-23-15/h3,5,9,11,13H,2,4,6-8,10H2,1H3,(H,18,21)/t13-/m1/s1. The summed E-state index contributed by atoms with van der Waals surface area (Å²) in [5, 5.41) is 7.91. The molecule has 1 aliphatic rings. The molecule has 1 N–H and O–H groups in total. The van der Waals surface area contributed by atoms with Crippen LogP contribution in [0.1, 0.15) is 46.1 Å². The van der Waals surface area contributed by atoms with Gasteiger partial charge in [-0.25, -0.2) is 4.98 Å². The van der Waals surface area contributed by atoms with E-state index in [9.17, 15) is 9.59 Å². The van der Waals surface area contributed by atoms with Gasteiger partial charge in [0.1, 0.15) is 0 Å². The maximum atomic E-state index is 12.5. The molecule has 2 aromatic rings. The smallest absolute Gasteiger partial charge is 0.263 e. The van der Waals surface area contributed by atoms with Gasteiger partial charge < -0.3 is 10.2 Å². The molecule has 7 heteroatoms. The molecule has 0 aliphatic carbocycles. The average Bonchev–Trinajstić information content (AvgIpc) is 3.26. The van der Waals surface area contributed by atoms with Crippen LogP contribution in [-0.2, 0) is 11.2 Å². The summed E-state index contributed by atoms with van der Waals surface area (Å²) in [7, 11) is 0. The molecule has 24 heavy (non-hydrogen) atoms. The Hall–Kier alpha value is -1.73. The van der Waals surface area contributed by atoms with E-state index in [1.54, 1.807) is 11.3 Å². The molecule has 3 rings (SSSR count). The molecule has 2 aromatic heterocycles. The molecule has 0 bridgehead atoms. The molecule has 0 radical (unpaired) electrons. The van der Waals surface area contributed by atoms with Gasteiger partial charge in [0.15, 0.2) is 0 Å². The lowest BCUT2D eigenvalue weighted by Crippen LogP contribution is -2.38. The highest BCUT2D eigenvalue weighted by molar-refractivity contribution is 7.12. The first-order chi connectivity index (χ1) is 11.6. The minimum absolute atomic E-state index is 0.0135. The maximum absolute atomic E-state index is 12.5. The van der Waals surface area contributed by atoms with Crippen LogP contribution in [-0.4, -0.2) is 41.3 Å². The lowest BCUT2D eigenvalue weighted by Gasteiger charge is -2.31. The van der Waals surface area contributed by atoms with Crippen molar-refractivity contribution in [1.29, 1.82) is 0 Å². The van der Waals surface area contributed by atoms with Gasteiger partial charge >= 0.3 is 0 Å². The first-order valence-corrected chi connectivity index (χ1v) is 9.91. The summed E-state index contributed by atoms with van der Waals surface area (Å²) in [5.41, 5.74) is 1.02. The third-order valence-corrected chi connectivity index (χ3v) is 6.03. The molecule has 0 aromatic carbocycles. The second-order valence-electron chi connectivity index (χ2n) is 5.98. The van der Waals surface area contributed by atoms with E-state index in [-0.39, 0.29) is 11.8 Å². The van der Waals surface area contributed by atoms with E-state index in [1.807, 2.05) is 22.4 Å². The lowest BCUT2D eigenvalue weighted by atomic mass is 9.98. The molecule has 0 spiro atoms. The summed E-state index contributed by atoms with van der Waals surface area (Å²) < 4.78 is 0. The van der Waals surface area contributed by atoms with Crippen LogP contribution in [0.4, 0.5) is 0 Å². The van der Waals surface area contributed by atoms with Crippen LogP contribution in [0, 0.1) is 0 Å². The number of nitrogens with one attached hydrogen (secondary N) is 1. The number of carbonyl (C=O) groups excluding carboxylic acids is 2. The fraction of sp³-hybridized carbons (Fsp3) is 0.471. The zero-order valence-corrected chi connectivity index (χ0v) is 15.3. The Kier molecular flexibility index (Phi) is 5.63. The number of rotatable bonds is 5. The number of amides is 2. The second-order valence-corrected chi connectivity index (χ2v) is 7.82. The second kappa shape index (κ2) is 7.90. The molecule has 3 heterocycles. The SMILES string of the molecule is CC(=O)NCCc1csc([C@@H]2CCCN(C(=O)c3cccs3)C2)n1. The third kappa shape index (κ3) is 4.21. The summed E-state index contributed by atoms with van der Waals surface area (Å²) in [4.78, 5) is 30.9. The van der Waals surface area contributed by atoms with E-state index in [1.165, 1.54) is 18.3 Å². The van der Waals surface area contributed by atoms with Crippen molar-refractivity contribution in [2.24, 2.45) is 0 Å². The van der Waals surface area contributed by atoms with E-state index in [4.69, 9.17) is 4.98 Å². The van der Waals surface area contributed by atoms with Gasteiger partial charge in [-0.15, -0.1) is 22.7 Å². The normalized spacial score (nSPS) is 17.7. The highest BCUT2D eigenvalue weighted by Gasteiger charge is 2.27. The summed E-state index contributed by atoms with van der Waals surface area (Å²) in [5.74, 6) is 0.444. The number of nitrogens with zero attached hydrogens (tertiary/aromatic N) is 2. The molecular weight excluding hydrogens is 342 g/mol. The van der Waals surface area contributed by atoms with Gasteiger partial charge in [-0.3, -0.25) is 9.59 Å².